The molecule has 2 saturated heterocycles. The number of nitrogens with one attached hydrogen (secondary N) is 2. The number of benzene rings is 1. The highest BCUT2D eigenvalue weighted by molar-refractivity contribution is 7.17. The van der Waals surface area contributed by atoms with Gasteiger partial charge in [0, 0.05) is 47.1 Å². The summed E-state index contributed by atoms with van der Waals surface area (Å²) in [6, 6.07) is 8.87. The van der Waals surface area contributed by atoms with Gasteiger partial charge in [-0.15, -0.1) is 21.5 Å². The van der Waals surface area contributed by atoms with Gasteiger partial charge >= 0.3 is 0 Å². The van der Waals surface area contributed by atoms with Crippen LogP contribution in [-0.4, -0.2) is 49.5 Å². The lowest BCUT2D eigenvalue weighted by molar-refractivity contribution is 0.207. The zero-order chi connectivity index (χ0) is 21.9. The molecule has 7 nitrogen and oxygen atoms in total. The smallest absolute Gasteiger partial charge is 0.151 e. The molecule has 0 radical (unpaired) electrons. The molecule has 0 aliphatic carbocycles. The largest absolute Gasteiger partial charge is 0.355 e. The highest BCUT2D eigenvalue weighted by Gasteiger charge is 2.49. The molecule has 2 N–H and O–H groups in total. The predicted octanol–water partition coefficient (Wildman–Crippen LogP) is 4.64. The van der Waals surface area contributed by atoms with Crippen LogP contribution >= 0.6 is 11.3 Å². The van der Waals surface area contributed by atoms with Crippen LogP contribution in [0.15, 0.2) is 42.2 Å². The van der Waals surface area contributed by atoms with Gasteiger partial charge in [-0.25, -0.2) is 4.98 Å². The third kappa shape index (κ3) is 3.20. The number of piperidine rings is 1. The molecule has 0 spiro atoms. The van der Waals surface area contributed by atoms with E-state index in [0.717, 1.165) is 51.3 Å². The van der Waals surface area contributed by atoms with Crippen molar-refractivity contribution in [1.29, 1.82) is 0 Å². The Kier molecular flexibility index (Phi) is 4.39. The molecule has 1 unspecified atom stereocenters. The lowest BCUT2D eigenvalue weighted by atomic mass is 9.84. The van der Waals surface area contributed by atoms with E-state index in [1.165, 1.54) is 12.8 Å². The third-order valence-electron chi connectivity index (χ3n) is 7.33. The summed E-state index contributed by atoms with van der Waals surface area (Å²) in [5.74, 6) is 0.933. The van der Waals surface area contributed by atoms with E-state index in [0.29, 0.717) is 6.04 Å². The molecule has 5 heterocycles. The number of rotatable bonds is 4. The summed E-state index contributed by atoms with van der Waals surface area (Å²) in [6.07, 6.45) is 8.49. The minimum atomic E-state index is 0.230. The van der Waals surface area contributed by atoms with Gasteiger partial charge in [0.25, 0.3) is 0 Å². The molecule has 0 saturated carbocycles. The summed E-state index contributed by atoms with van der Waals surface area (Å²) in [6.45, 7) is 4.72. The lowest BCUT2D eigenvalue weighted by Crippen LogP contribution is -2.58. The molecule has 0 amide bonds. The quantitative estimate of drug-likeness (QED) is 0.476. The number of aromatic nitrogens is 5. The van der Waals surface area contributed by atoms with Crippen LogP contribution in [0.1, 0.15) is 39.5 Å². The van der Waals surface area contributed by atoms with Crippen LogP contribution in [0.5, 0.6) is 0 Å². The fourth-order valence-electron chi connectivity index (χ4n) is 5.72. The van der Waals surface area contributed by atoms with Crippen LogP contribution in [-0.2, 0) is 0 Å². The Morgan fingerprint density at radius 3 is 2.50 bits per heavy atom. The summed E-state index contributed by atoms with van der Waals surface area (Å²) in [5.41, 5.74) is 7.38. The number of thiazole rings is 1. The Hall–Kier alpha value is -2.84. The number of H-pyrrole nitrogens is 1. The molecular weight excluding hydrogens is 418 g/mol. The molecular formula is C24H27N7S. The molecule has 2 aliphatic heterocycles. The maximum Gasteiger partial charge on any atom is 0.151 e. The van der Waals surface area contributed by atoms with Gasteiger partial charge in [0.15, 0.2) is 5.82 Å². The van der Waals surface area contributed by atoms with Crippen molar-refractivity contribution in [3.63, 3.8) is 0 Å². The van der Waals surface area contributed by atoms with Gasteiger partial charge in [0.1, 0.15) is 0 Å². The maximum atomic E-state index is 4.63. The van der Waals surface area contributed by atoms with Crippen LogP contribution in [0.4, 0.5) is 5.82 Å². The van der Waals surface area contributed by atoms with Crippen molar-refractivity contribution in [2.24, 2.45) is 0 Å². The van der Waals surface area contributed by atoms with Gasteiger partial charge in [0.05, 0.1) is 27.6 Å². The Balaban J connectivity index is 1.29. The van der Waals surface area contributed by atoms with Gasteiger partial charge in [-0.3, -0.25) is 5.10 Å². The van der Waals surface area contributed by atoms with Crippen LogP contribution in [0.3, 0.4) is 0 Å². The van der Waals surface area contributed by atoms with E-state index in [1.807, 2.05) is 17.9 Å². The first-order valence-electron chi connectivity index (χ1n) is 11.1. The Bertz CT molecular complexity index is 1250. The monoisotopic (exact) mass is 445 g/mol. The molecule has 32 heavy (non-hydrogen) atoms. The minimum Gasteiger partial charge on any atom is -0.355 e. The van der Waals surface area contributed by atoms with E-state index < -0.39 is 0 Å². The highest BCUT2D eigenvalue weighted by Crippen LogP contribution is 2.44. The van der Waals surface area contributed by atoms with Gasteiger partial charge in [-0.05, 0) is 51.7 Å². The van der Waals surface area contributed by atoms with E-state index in [9.17, 15) is 0 Å². The van der Waals surface area contributed by atoms with Crippen molar-refractivity contribution < 1.29 is 0 Å². The van der Waals surface area contributed by atoms with Gasteiger partial charge < -0.3 is 10.2 Å². The van der Waals surface area contributed by atoms with Crippen molar-refractivity contribution in [3.05, 3.63) is 42.2 Å². The predicted molar refractivity (Wildman–Crippen MR) is 129 cm³/mol. The normalized spacial score (nSPS) is 27.2. The zero-order valence-electron chi connectivity index (χ0n) is 18.6. The van der Waals surface area contributed by atoms with Crippen molar-refractivity contribution in [3.8, 4) is 22.4 Å². The molecule has 3 aromatic heterocycles. The molecule has 6 rings (SSSR count). The number of nitrogens with zero attached hydrogens (tertiary/aromatic N) is 5. The van der Waals surface area contributed by atoms with Crippen LogP contribution in [0, 0.1) is 0 Å². The van der Waals surface area contributed by atoms with Crippen molar-refractivity contribution in [1.82, 2.24) is 30.7 Å². The minimum absolute atomic E-state index is 0.230. The van der Waals surface area contributed by atoms with Crippen molar-refractivity contribution in [2.45, 2.75) is 56.7 Å². The molecule has 164 valence electrons. The average molecular weight is 446 g/mol. The van der Waals surface area contributed by atoms with Gasteiger partial charge in [-0.2, -0.15) is 5.10 Å². The first kappa shape index (κ1) is 19.8. The van der Waals surface area contributed by atoms with Crippen LogP contribution < -0.4 is 10.2 Å². The second kappa shape index (κ2) is 7.08. The number of hydrogen-bond acceptors (Lipinski definition) is 7. The average Bonchev–Trinajstić information content (AvgIpc) is 3.52. The lowest BCUT2D eigenvalue weighted by Gasteiger charge is -2.45. The number of anilines is 1. The van der Waals surface area contributed by atoms with E-state index >= 15 is 0 Å². The fourth-order valence-corrected chi connectivity index (χ4v) is 6.56. The molecule has 3 atom stereocenters. The summed E-state index contributed by atoms with van der Waals surface area (Å²) >= 11 is 1.63. The SMILES string of the molecule is CN(c1ccc(-c2ccc(-c3cn[nH]c3)c3ncsc23)nn1)C1C[C@]2(C)CC[C@](C)(C1)N2. The Morgan fingerprint density at radius 2 is 1.81 bits per heavy atom. The summed E-state index contributed by atoms with van der Waals surface area (Å²) < 4.78 is 1.12. The number of hydrogen-bond donors (Lipinski definition) is 2. The maximum absolute atomic E-state index is 4.63. The fraction of sp³-hybridized carbons (Fsp3) is 0.417. The summed E-state index contributed by atoms with van der Waals surface area (Å²) in [7, 11) is 2.16. The topological polar surface area (TPSA) is 82.6 Å². The molecule has 4 aromatic rings. The molecule has 2 bridgehead atoms. The van der Waals surface area contributed by atoms with E-state index in [2.05, 4.69) is 80.8 Å². The van der Waals surface area contributed by atoms with Crippen molar-refractivity contribution >= 4 is 27.4 Å². The number of aromatic amines is 1. The summed E-state index contributed by atoms with van der Waals surface area (Å²) in [5, 5.41) is 20.1. The molecule has 8 heteroatoms. The van der Waals surface area contributed by atoms with E-state index in [4.69, 9.17) is 0 Å². The zero-order valence-corrected chi connectivity index (χ0v) is 19.4. The Labute approximate surface area is 191 Å². The first-order chi connectivity index (χ1) is 15.4. The van der Waals surface area contributed by atoms with Gasteiger partial charge in [0.2, 0.25) is 0 Å². The summed E-state index contributed by atoms with van der Waals surface area (Å²) in [4.78, 5) is 6.94. The molecule has 1 aromatic carbocycles. The van der Waals surface area contributed by atoms with Crippen molar-refractivity contribution in [2.75, 3.05) is 11.9 Å². The highest BCUT2D eigenvalue weighted by atomic mass is 32.1. The number of fused-ring (bicyclic) bond motifs is 3. The molecule has 2 fully saturated rings. The molecule has 2 aliphatic rings. The van der Waals surface area contributed by atoms with Crippen LogP contribution in [0.25, 0.3) is 32.6 Å². The second-order valence-electron chi connectivity index (χ2n) is 9.87. The Morgan fingerprint density at radius 1 is 1.03 bits per heavy atom. The van der Waals surface area contributed by atoms with Crippen LogP contribution in [0.2, 0.25) is 0 Å². The first-order valence-corrected chi connectivity index (χ1v) is 12.0. The second-order valence-corrected chi connectivity index (χ2v) is 10.7. The van der Waals surface area contributed by atoms with E-state index in [-0.39, 0.29) is 11.1 Å². The van der Waals surface area contributed by atoms with Gasteiger partial charge in [-0.1, -0.05) is 12.1 Å². The van der Waals surface area contributed by atoms with E-state index in [1.54, 1.807) is 11.3 Å². The standard InChI is InChI=1S/C24H27N7S/c1-23-8-9-24(2,30-23)11-16(10-23)31(3)20-7-6-19(28-29-20)18-5-4-17(15-12-26-27-13-15)21-22(18)32-14-25-21/h4-7,12-14,16,30H,8-11H2,1-3H3,(H,26,27)/t16?,23-,24+. The third-order valence-corrected chi connectivity index (χ3v) is 8.19.